The van der Waals surface area contributed by atoms with E-state index in [-0.39, 0.29) is 25.9 Å². The lowest BCUT2D eigenvalue weighted by molar-refractivity contribution is -0.301. The van der Waals surface area contributed by atoms with Crippen molar-refractivity contribution in [1.82, 2.24) is 0 Å². The molecule has 1 aliphatic rings. The van der Waals surface area contributed by atoms with Gasteiger partial charge in [0.2, 0.25) is 0 Å². The fourth-order valence-corrected chi connectivity index (χ4v) is 8.85. The lowest BCUT2D eigenvalue weighted by Crippen LogP contribution is -2.61. The molecule has 3 N–H and O–H groups in total. The van der Waals surface area contributed by atoms with Gasteiger partial charge in [-0.3, -0.25) is 14.4 Å². The number of hydrogen-bond acceptors (Lipinski definition) is 11. The highest BCUT2D eigenvalue weighted by Crippen LogP contribution is 2.26. The fraction of sp³-hybridized carbons (Fsp3) is 0.803. The standard InChI is InChI=1S/C61H106O12/c1-4-7-10-13-16-19-22-25-26-27-28-31-32-35-38-41-44-47-53(62)69-50-52(71-54(63)48-45-42-39-36-33-29-23-20-17-14-11-8-5-2)51-70-61-59(57(66)56(65)58(73-61)60(67)68)72-55(64)49-46-43-40-37-34-30-24-21-18-15-12-9-6-3/h9,12,18,20-21,23,30,34,52,56-59,61,65-66H,4-8,10-11,13-17,19,22,24-29,31-33,35-51H2,1-3H3,(H,67,68)/b12-9-,21-18-,23-20-,34-30-. The molecule has 6 atom stereocenters. The van der Waals surface area contributed by atoms with E-state index in [0.29, 0.717) is 19.3 Å². The monoisotopic (exact) mass is 1030 g/mol. The lowest BCUT2D eigenvalue weighted by atomic mass is 9.98. The van der Waals surface area contributed by atoms with Gasteiger partial charge >= 0.3 is 23.9 Å². The Morgan fingerprint density at radius 3 is 1.36 bits per heavy atom. The highest BCUT2D eigenvalue weighted by Gasteiger charge is 2.50. The maximum Gasteiger partial charge on any atom is 0.335 e. The minimum atomic E-state index is -1.91. The normalized spacial score (nSPS) is 18.6. The average Bonchev–Trinajstić information content (AvgIpc) is 3.37. The zero-order chi connectivity index (χ0) is 53.3. The Hall–Kier alpha value is -3.32. The molecular weight excluding hydrogens is 925 g/mol. The number of rotatable bonds is 50. The summed E-state index contributed by atoms with van der Waals surface area (Å²) in [4.78, 5) is 51.1. The van der Waals surface area contributed by atoms with Crippen LogP contribution in [0.15, 0.2) is 48.6 Å². The first-order valence-corrected chi connectivity index (χ1v) is 29.6. The molecule has 0 aliphatic carbocycles. The number of allylic oxidation sites excluding steroid dienone is 8. The quantitative estimate of drug-likeness (QED) is 0.0228. The minimum Gasteiger partial charge on any atom is -0.479 e. The smallest absolute Gasteiger partial charge is 0.335 e. The van der Waals surface area contributed by atoms with Gasteiger partial charge in [-0.15, -0.1) is 0 Å². The van der Waals surface area contributed by atoms with Crippen molar-refractivity contribution in [2.45, 2.75) is 302 Å². The Bertz CT molecular complexity index is 1460. The third-order valence-electron chi connectivity index (χ3n) is 13.4. The number of esters is 3. The maximum absolute atomic E-state index is 13.1. The largest absolute Gasteiger partial charge is 0.479 e. The van der Waals surface area contributed by atoms with Gasteiger partial charge in [-0.25, -0.2) is 4.79 Å². The minimum absolute atomic E-state index is 0.0258. The Morgan fingerprint density at radius 2 is 0.863 bits per heavy atom. The van der Waals surface area contributed by atoms with Gasteiger partial charge in [0.05, 0.1) is 6.61 Å². The Balaban J connectivity index is 2.69. The molecule has 1 aliphatic heterocycles. The van der Waals surface area contributed by atoms with Crippen LogP contribution in [-0.2, 0) is 42.9 Å². The molecule has 0 bridgehead atoms. The van der Waals surface area contributed by atoms with Crippen LogP contribution in [0.1, 0.15) is 265 Å². The SMILES string of the molecule is CC/C=C\C/C=C\C/C=C\CCCCCC(=O)OC1C(OCC(COC(=O)CCCCCCCCCCCCCCCCCCC)OC(=O)CCCCCCC/C=C\CCCCCC)OC(C(=O)O)C(O)C1O. The molecule has 0 saturated carbocycles. The molecule has 6 unspecified atom stereocenters. The van der Waals surface area contributed by atoms with Gasteiger partial charge in [-0.2, -0.15) is 0 Å². The molecule has 422 valence electrons. The van der Waals surface area contributed by atoms with Gasteiger partial charge < -0.3 is 39.0 Å². The molecule has 12 nitrogen and oxygen atoms in total. The van der Waals surface area contributed by atoms with Crippen LogP contribution in [-0.4, -0.2) is 89.2 Å². The predicted octanol–water partition coefficient (Wildman–Crippen LogP) is 15.0. The first-order chi connectivity index (χ1) is 35.6. The predicted molar refractivity (Wildman–Crippen MR) is 294 cm³/mol. The third kappa shape index (κ3) is 39.7. The number of carbonyl (C=O) groups excluding carboxylic acids is 3. The Morgan fingerprint density at radius 1 is 0.466 bits per heavy atom. The first-order valence-electron chi connectivity index (χ1n) is 29.6. The molecule has 0 aromatic carbocycles. The third-order valence-corrected chi connectivity index (χ3v) is 13.4. The van der Waals surface area contributed by atoms with Crippen LogP contribution < -0.4 is 0 Å². The zero-order valence-electron chi connectivity index (χ0n) is 46.4. The first kappa shape index (κ1) is 67.7. The number of carboxylic acid groups (broad SMARTS) is 1. The molecule has 0 spiro atoms. The summed E-state index contributed by atoms with van der Waals surface area (Å²) >= 11 is 0. The molecule has 0 radical (unpaired) electrons. The fourth-order valence-electron chi connectivity index (χ4n) is 8.85. The average molecular weight is 1030 g/mol. The number of ether oxygens (including phenoxy) is 5. The summed E-state index contributed by atoms with van der Waals surface area (Å²) in [6.07, 6.45) is 46.6. The van der Waals surface area contributed by atoms with Crippen molar-refractivity contribution in [2.75, 3.05) is 13.2 Å². The molecule has 1 fully saturated rings. The molecule has 1 rings (SSSR count). The number of aliphatic carboxylic acids is 1. The maximum atomic E-state index is 13.1. The summed E-state index contributed by atoms with van der Waals surface area (Å²) in [5, 5.41) is 31.4. The van der Waals surface area contributed by atoms with Crippen LogP contribution in [0, 0.1) is 0 Å². The van der Waals surface area contributed by atoms with E-state index in [1.165, 1.54) is 109 Å². The Kier molecular flexibility index (Phi) is 45.9. The summed E-state index contributed by atoms with van der Waals surface area (Å²) in [5.74, 6) is -3.15. The van der Waals surface area contributed by atoms with E-state index in [0.717, 1.165) is 96.3 Å². The van der Waals surface area contributed by atoms with E-state index in [1.54, 1.807) is 0 Å². The van der Waals surface area contributed by atoms with Gasteiger partial charge in [0.15, 0.2) is 24.6 Å². The molecule has 0 aromatic rings. The number of aliphatic hydroxyl groups excluding tert-OH is 2. The topological polar surface area (TPSA) is 175 Å². The van der Waals surface area contributed by atoms with Crippen molar-refractivity contribution in [1.29, 1.82) is 0 Å². The van der Waals surface area contributed by atoms with Gasteiger partial charge in [0.25, 0.3) is 0 Å². The van der Waals surface area contributed by atoms with Crippen molar-refractivity contribution in [3.63, 3.8) is 0 Å². The van der Waals surface area contributed by atoms with E-state index in [2.05, 4.69) is 69.4 Å². The lowest BCUT2D eigenvalue weighted by Gasteiger charge is -2.40. The van der Waals surface area contributed by atoms with Crippen molar-refractivity contribution >= 4 is 23.9 Å². The van der Waals surface area contributed by atoms with Crippen LogP contribution in [0.3, 0.4) is 0 Å². The van der Waals surface area contributed by atoms with Crippen molar-refractivity contribution in [3.8, 4) is 0 Å². The van der Waals surface area contributed by atoms with Crippen molar-refractivity contribution < 1.29 is 58.2 Å². The van der Waals surface area contributed by atoms with E-state index in [9.17, 15) is 34.5 Å². The van der Waals surface area contributed by atoms with Crippen LogP contribution in [0.4, 0.5) is 0 Å². The van der Waals surface area contributed by atoms with Gasteiger partial charge in [0, 0.05) is 19.3 Å². The highest BCUT2D eigenvalue weighted by atomic mass is 16.7. The summed E-state index contributed by atoms with van der Waals surface area (Å²) < 4.78 is 28.4. The highest BCUT2D eigenvalue weighted by molar-refractivity contribution is 5.74. The molecule has 1 heterocycles. The second kappa shape index (κ2) is 49.6. The molecule has 0 amide bonds. The number of carbonyl (C=O) groups is 4. The molecule has 12 heteroatoms. The second-order valence-corrected chi connectivity index (χ2v) is 20.3. The number of carboxylic acids is 1. The summed E-state index contributed by atoms with van der Waals surface area (Å²) in [6.45, 7) is 5.86. The summed E-state index contributed by atoms with van der Waals surface area (Å²) in [7, 11) is 0. The van der Waals surface area contributed by atoms with Crippen LogP contribution in [0.5, 0.6) is 0 Å². The second-order valence-electron chi connectivity index (χ2n) is 20.3. The zero-order valence-corrected chi connectivity index (χ0v) is 46.4. The molecule has 0 aromatic heterocycles. The van der Waals surface area contributed by atoms with Gasteiger partial charge in [0.1, 0.15) is 18.8 Å². The summed E-state index contributed by atoms with van der Waals surface area (Å²) in [5.41, 5.74) is 0. The number of aliphatic hydroxyl groups is 2. The van der Waals surface area contributed by atoms with Crippen LogP contribution in [0.2, 0.25) is 0 Å². The van der Waals surface area contributed by atoms with Crippen molar-refractivity contribution in [2.24, 2.45) is 0 Å². The Labute approximate surface area is 443 Å². The van der Waals surface area contributed by atoms with E-state index in [1.807, 2.05) is 0 Å². The van der Waals surface area contributed by atoms with Gasteiger partial charge in [-0.05, 0) is 77.0 Å². The van der Waals surface area contributed by atoms with E-state index < -0.39 is 67.3 Å². The van der Waals surface area contributed by atoms with Crippen LogP contribution >= 0.6 is 0 Å². The van der Waals surface area contributed by atoms with E-state index >= 15 is 0 Å². The molecular formula is C61H106O12. The van der Waals surface area contributed by atoms with E-state index in [4.69, 9.17) is 23.7 Å². The van der Waals surface area contributed by atoms with Crippen LogP contribution in [0.25, 0.3) is 0 Å². The van der Waals surface area contributed by atoms with Gasteiger partial charge in [-0.1, -0.05) is 217 Å². The molecule has 73 heavy (non-hydrogen) atoms. The number of hydrogen-bond donors (Lipinski definition) is 3. The molecule has 1 saturated heterocycles. The van der Waals surface area contributed by atoms with Crippen molar-refractivity contribution in [3.05, 3.63) is 48.6 Å². The summed E-state index contributed by atoms with van der Waals surface area (Å²) in [6, 6.07) is 0. The number of unbranched alkanes of at least 4 members (excludes halogenated alkanes) is 28.